The summed E-state index contributed by atoms with van der Waals surface area (Å²) in [6, 6.07) is 5.02. The first-order chi connectivity index (χ1) is 12.6. The Balaban J connectivity index is 1.58. The van der Waals surface area contributed by atoms with E-state index in [1.807, 2.05) is 19.9 Å². The Labute approximate surface area is 150 Å². The third-order valence-corrected chi connectivity index (χ3v) is 5.05. The van der Waals surface area contributed by atoms with Gasteiger partial charge in [-0.3, -0.25) is 4.79 Å². The van der Waals surface area contributed by atoms with Crippen molar-refractivity contribution in [3.05, 3.63) is 52.9 Å². The van der Waals surface area contributed by atoms with E-state index in [2.05, 4.69) is 15.1 Å². The molecule has 1 amide bonds. The van der Waals surface area contributed by atoms with Gasteiger partial charge in [0.2, 0.25) is 5.91 Å². The Morgan fingerprint density at radius 1 is 1.31 bits per heavy atom. The molecule has 1 aliphatic rings. The summed E-state index contributed by atoms with van der Waals surface area (Å²) >= 11 is 0. The van der Waals surface area contributed by atoms with Crippen LogP contribution in [0.1, 0.15) is 35.4 Å². The SMILES string of the molecule is Cc1nc2ncnn2c(C)c1CCC(=O)N1CCCc2cccc(F)c21. The van der Waals surface area contributed by atoms with Crippen LogP contribution < -0.4 is 4.90 Å². The highest BCUT2D eigenvalue weighted by Crippen LogP contribution is 2.30. The predicted molar refractivity (Wildman–Crippen MR) is 95.7 cm³/mol. The number of carbonyl (C=O) groups excluding carboxylic acids is 1. The largest absolute Gasteiger partial charge is 0.309 e. The fraction of sp³-hybridized carbons (Fsp3) is 0.368. The number of hydrogen-bond acceptors (Lipinski definition) is 4. The van der Waals surface area contributed by atoms with Gasteiger partial charge in [0.05, 0.1) is 5.69 Å². The van der Waals surface area contributed by atoms with Crippen LogP contribution in [0.2, 0.25) is 0 Å². The fourth-order valence-corrected chi connectivity index (χ4v) is 3.74. The van der Waals surface area contributed by atoms with Crippen LogP contribution in [0.3, 0.4) is 0 Å². The summed E-state index contributed by atoms with van der Waals surface area (Å²) in [5.74, 6) is 0.171. The number of para-hydroxylation sites is 1. The number of fused-ring (bicyclic) bond motifs is 2. The van der Waals surface area contributed by atoms with Crippen LogP contribution in [-0.2, 0) is 17.6 Å². The normalized spacial score (nSPS) is 13.9. The van der Waals surface area contributed by atoms with Crippen molar-refractivity contribution in [1.29, 1.82) is 0 Å². The predicted octanol–water partition coefficient (Wildman–Crippen LogP) is 2.79. The summed E-state index contributed by atoms with van der Waals surface area (Å²) in [7, 11) is 0. The van der Waals surface area contributed by atoms with Gasteiger partial charge in [0.1, 0.15) is 12.1 Å². The first-order valence-corrected chi connectivity index (χ1v) is 8.80. The lowest BCUT2D eigenvalue weighted by atomic mass is 10.00. The molecule has 0 N–H and O–H groups in total. The van der Waals surface area contributed by atoms with Crippen molar-refractivity contribution in [2.75, 3.05) is 11.4 Å². The van der Waals surface area contributed by atoms with Gasteiger partial charge in [-0.25, -0.2) is 13.9 Å². The highest BCUT2D eigenvalue weighted by Gasteiger charge is 2.25. The molecule has 0 unspecified atom stereocenters. The van der Waals surface area contributed by atoms with E-state index in [-0.39, 0.29) is 11.7 Å². The summed E-state index contributed by atoms with van der Waals surface area (Å²) in [6.07, 6.45) is 3.97. The number of aromatic nitrogens is 4. The van der Waals surface area contributed by atoms with E-state index in [0.29, 0.717) is 30.9 Å². The highest BCUT2D eigenvalue weighted by atomic mass is 19.1. The number of nitrogens with zero attached hydrogens (tertiary/aromatic N) is 5. The molecule has 26 heavy (non-hydrogen) atoms. The zero-order valence-electron chi connectivity index (χ0n) is 14.9. The zero-order valence-corrected chi connectivity index (χ0v) is 14.9. The highest BCUT2D eigenvalue weighted by molar-refractivity contribution is 5.94. The minimum Gasteiger partial charge on any atom is -0.309 e. The molecule has 1 aliphatic heterocycles. The lowest BCUT2D eigenvalue weighted by Gasteiger charge is -2.30. The molecule has 0 radical (unpaired) electrons. The first kappa shape index (κ1) is 16.6. The second kappa shape index (κ2) is 6.48. The van der Waals surface area contributed by atoms with Crippen LogP contribution in [0.15, 0.2) is 24.5 Å². The van der Waals surface area contributed by atoms with Crippen molar-refractivity contribution < 1.29 is 9.18 Å². The molecule has 7 heteroatoms. The molecule has 1 aromatic carbocycles. The smallest absolute Gasteiger partial charge is 0.252 e. The molecule has 0 spiro atoms. The number of halogens is 1. The Hall–Kier alpha value is -2.83. The van der Waals surface area contributed by atoms with Gasteiger partial charge >= 0.3 is 0 Å². The standard InChI is InChI=1S/C19H20FN5O/c1-12-15(13(2)25-19(23-12)21-11-22-25)8-9-17(26)24-10-4-6-14-5-3-7-16(20)18(14)24/h3,5,7,11H,4,6,8-10H2,1-2H3. The molecule has 0 bridgehead atoms. The van der Waals surface area contributed by atoms with E-state index in [9.17, 15) is 9.18 Å². The molecule has 0 atom stereocenters. The summed E-state index contributed by atoms with van der Waals surface area (Å²) in [5.41, 5.74) is 4.12. The van der Waals surface area contributed by atoms with E-state index >= 15 is 0 Å². The van der Waals surface area contributed by atoms with Gasteiger partial charge in [-0.05, 0) is 50.3 Å². The van der Waals surface area contributed by atoms with Gasteiger partial charge < -0.3 is 4.90 Å². The average Bonchev–Trinajstić information content (AvgIpc) is 3.09. The maximum absolute atomic E-state index is 14.3. The lowest BCUT2D eigenvalue weighted by Crippen LogP contribution is -2.36. The third kappa shape index (κ3) is 2.73. The minimum absolute atomic E-state index is 0.0615. The molecule has 3 heterocycles. The third-order valence-electron chi connectivity index (χ3n) is 5.05. The minimum atomic E-state index is -0.325. The molecule has 6 nitrogen and oxygen atoms in total. The van der Waals surface area contributed by atoms with Gasteiger partial charge in [-0.2, -0.15) is 10.1 Å². The van der Waals surface area contributed by atoms with E-state index in [1.165, 1.54) is 12.4 Å². The molecular weight excluding hydrogens is 333 g/mol. The molecular formula is C19H20FN5O. The van der Waals surface area contributed by atoms with E-state index < -0.39 is 0 Å². The van der Waals surface area contributed by atoms with Gasteiger partial charge in [0.25, 0.3) is 5.78 Å². The maximum Gasteiger partial charge on any atom is 0.252 e. The Bertz CT molecular complexity index is 997. The van der Waals surface area contributed by atoms with Crippen LogP contribution in [-0.4, -0.2) is 32.0 Å². The summed E-state index contributed by atoms with van der Waals surface area (Å²) in [6.45, 7) is 4.43. The molecule has 3 aromatic rings. The van der Waals surface area contributed by atoms with Crippen molar-refractivity contribution in [1.82, 2.24) is 19.6 Å². The van der Waals surface area contributed by atoms with Crippen molar-refractivity contribution in [2.45, 2.75) is 39.5 Å². The number of amides is 1. The monoisotopic (exact) mass is 353 g/mol. The summed E-state index contributed by atoms with van der Waals surface area (Å²) in [5, 5.41) is 4.18. The molecule has 2 aromatic heterocycles. The van der Waals surface area contributed by atoms with Crippen molar-refractivity contribution >= 4 is 17.4 Å². The van der Waals surface area contributed by atoms with Gasteiger partial charge in [-0.15, -0.1) is 0 Å². The van der Waals surface area contributed by atoms with Gasteiger partial charge in [0.15, 0.2) is 0 Å². The van der Waals surface area contributed by atoms with Gasteiger partial charge in [0, 0.05) is 24.4 Å². The van der Waals surface area contributed by atoms with E-state index in [4.69, 9.17) is 0 Å². The molecule has 4 rings (SSSR count). The van der Waals surface area contributed by atoms with Crippen molar-refractivity contribution in [3.63, 3.8) is 0 Å². The maximum atomic E-state index is 14.3. The Morgan fingerprint density at radius 3 is 3.00 bits per heavy atom. The molecule has 0 fully saturated rings. The molecule has 0 saturated heterocycles. The molecule has 134 valence electrons. The van der Waals surface area contributed by atoms with Crippen LogP contribution in [0.4, 0.5) is 10.1 Å². The number of benzene rings is 1. The Morgan fingerprint density at radius 2 is 2.15 bits per heavy atom. The second-order valence-electron chi connectivity index (χ2n) is 6.63. The van der Waals surface area contributed by atoms with Gasteiger partial charge in [-0.1, -0.05) is 12.1 Å². The number of aryl methyl sites for hydroxylation is 3. The number of anilines is 1. The first-order valence-electron chi connectivity index (χ1n) is 8.80. The number of rotatable bonds is 3. The number of hydrogen-bond donors (Lipinski definition) is 0. The zero-order chi connectivity index (χ0) is 18.3. The van der Waals surface area contributed by atoms with Crippen molar-refractivity contribution in [2.24, 2.45) is 0 Å². The second-order valence-corrected chi connectivity index (χ2v) is 6.63. The van der Waals surface area contributed by atoms with E-state index in [0.717, 1.165) is 35.4 Å². The lowest BCUT2D eigenvalue weighted by molar-refractivity contribution is -0.118. The number of carbonyl (C=O) groups is 1. The topological polar surface area (TPSA) is 63.4 Å². The quantitative estimate of drug-likeness (QED) is 0.726. The van der Waals surface area contributed by atoms with Crippen LogP contribution in [0.25, 0.3) is 5.78 Å². The molecule has 0 saturated carbocycles. The average molecular weight is 353 g/mol. The molecule has 0 aliphatic carbocycles. The van der Waals surface area contributed by atoms with Crippen molar-refractivity contribution in [3.8, 4) is 0 Å². The van der Waals surface area contributed by atoms with Crippen LogP contribution in [0, 0.1) is 19.7 Å². The van der Waals surface area contributed by atoms with Crippen LogP contribution in [0.5, 0.6) is 0 Å². The summed E-state index contributed by atoms with van der Waals surface area (Å²) in [4.78, 5) is 23.0. The fourth-order valence-electron chi connectivity index (χ4n) is 3.74. The summed E-state index contributed by atoms with van der Waals surface area (Å²) < 4.78 is 16.0. The Kier molecular flexibility index (Phi) is 4.14. The van der Waals surface area contributed by atoms with Crippen LogP contribution >= 0.6 is 0 Å². The van der Waals surface area contributed by atoms with E-state index in [1.54, 1.807) is 15.5 Å².